The predicted octanol–water partition coefficient (Wildman–Crippen LogP) is 7.91. The number of fused-ring (bicyclic) bond motifs is 1. The van der Waals surface area contributed by atoms with Crippen LogP contribution in [-0.2, 0) is 16.1 Å². The van der Waals surface area contributed by atoms with Crippen LogP contribution in [0.25, 0.3) is 22.0 Å². The number of rotatable bonds is 8. The van der Waals surface area contributed by atoms with Crippen molar-refractivity contribution in [3.05, 3.63) is 100 Å². The van der Waals surface area contributed by atoms with Crippen LogP contribution in [-0.4, -0.2) is 50.1 Å². The number of ether oxygens (including phenoxy) is 1. The van der Waals surface area contributed by atoms with E-state index in [0.29, 0.717) is 33.9 Å². The number of Topliss-reactive ketones (excluding diaryl/α,β-unsaturated/α-hetero) is 1. The van der Waals surface area contributed by atoms with Gasteiger partial charge < -0.3 is 19.5 Å². The van der Waals surface area contributed by atoms with E-state index in [4.69, 9.17) is 16.3 Å². The quantitative estimate of drug-likeness (QED) is 0.130. The number of nitrogens with zero attached hydrogens (tertiary/aromatic N) is 4. The monoisotopic (exact) mass is 705 g/mol. The number of ketones is 1. The maximum Gasteiger partial charge on any atom is 0.321 e. The molecule has 3 aromatic carbocycles. The third-order valence-electron chi connectivity index (χ3n) is 7.59. The highest BCUT2D eigenvalue weighted by Gasteiger charge is 2.26. The normalized spacial score (nSPS) is 14.0. The molecule has 1 unspecified atom stereocenters. The fourth-order valence-electron chi connectivity index (χ4n) is 5.34. The van der Waals surface area contributed by atoms with Crippen molar-refractivity contribution in [1.82, 2.24) is 19.4 Å². The first-order valence-electron chi connectivity index (χ1n) is 14.5. The zero-order valence-corrected chi connectivity index (χ0v) is 27.4. The molecule has 0 bridgehead atoms. The van der Waals surface area contributed by atoms with E-state index >= 15 is 0 Å². The number of hydrogen-bond acceptors (Lipinski definition) is 6. The molecule has 1 atom stereocenters. The third-order valence-corrected chi connectivity index (χ3v) is 8.33. The summed E-state index contributed by atoms with van der Waals surface area (Å²) in [5, 5.41) is 3.52. The van der Waals surface area contributed by atoms with Crippen LogP contribution >= 0.6 is 27.5 Å². The molecule has 0 radical (unpaired) electrons. The highest BCUT2D eigenvalue weighted by molar-refractivity contribution is 9.10. The molecule has 0 spiro atoms. The van der Waals surface area contributed by atoms with Crippen molar-refractivity contribution in [2.45, 2.75) is 39.3 Å². The van der Waals surface area contributed by atoms with Crippen LogP contribution in [0.15, 0.2) is 83.7 Å². The summed E-state index contributed by atoms with van der Waals surface area (Å²) in [6.45, 7) is 4.61. The summed E-state index contributed by atoms with van der Waals surface area (Å²) in [5.74, 6) is 0.0469. The molecule has 3 heterocycles. The molecule has 236 valence electrons. The summed E-state index contributed by atoms with van der Waals surface area (Å²) in [4.78, 5) is 45.4. The first-order valence-corrected chi connectivity index (χ1v) is 15.7. The van der Waals surface area contributed by atoms with E-state index < -0.39 is 5.82 Å². The first kappa shape index (κ1) is 32.8. The van der Waals surface area contributed by atoms with Crippen molar-refractivity contribution in [2.75, 3.05) is 11.9 Å². The van der Waals surface area contributed by atoms with Crippen LogP contribution in [0.5, 0.6) is 11.8 Å². The molecular weight excluding hydrogens is 677 g/mol. The summed E-state index contributed by atoms with van der Waals surface area (Å²) in [7, 11) is 0. The van der Waals surface area contributed by atoms with Gasteiger partial charge in [0.15, 0.2) is 11.6 Å². The largest absolute Gasteiger partial charge is 0.424 e. The van der Waals surface area contributed by atoms with E-state index in [1.165, 1.54) is 13.0 Å². The van der Waals surface area contributed by atoms with E-state index in [0.717, 1.165) is 34.8 Å². The Kier molecular flexibility index (Phi) is 10.4. The second-order valence-corrected chi connectivity index (χ2v) is 12.0. The summed E-state index contributed by atoms with van der Waals surface area (Å²) in [6.07, 6.45) is 7.47. The van der Waals surface area contributed by atoms with Gasteiger partial charge in [0.1, 0.15) is 12.3 Å². The number of carbonyl (C=O) groups excluding carboxylic acids is 3. The van der Waals surface area contributed by atoms with Gasteiger partial charge in [-0.25, -0.2) is 14.4 Å². The number of anilines is 1. The number of carbonyl (C=O) groups is 3. The molecule has 1 N–H and O–H groups in total. The Morgan fingerprint density at radius 2 is 1.85 bits per heavy atom. The van der Waals surface area contributed by atoms with Crippen molar-refractivity contribution in [3.8, 4) is 22.9 Å². The Labute approximate surface area is 278 Å². The van der Waals surface area contributed by atoms with Crippen molar-refractivity contribution < 1.29 is 23.5 Å². The number of likely N-dealkylation sites (tertiary alicyclic amines) is 1. The minimum Gasteiger partial charge on any atom is -0.424 e. The van der Waals surface area contributed by atoms with E-state index in [-0.39, 0.29) is 36.0 Å². The maximum atomic E-state index is 14.0. The van der Waals surface area contributed by atoms with Crippen LogP contribution in [0.1, 0.15) is 37.0 Å². The molecule has 1 aliphatic rings. The van der Waals surface area contributed by atoms with Crippen LogP contribution in [0.4, 0.5) is 10.1 Å². The molecule has 6 rings (SSSR count). The molecule has 1 saturated heterocycles. The molecular formula is C34H30BrClFN5O4. The Hall–Kier alpha value is -4.61. The van der Waals surface area contributed by atoms with Crippen LogP contribution in [0.3, 0.4) is 0 Å². The van der Waals surface area contributed by atoms with E-state index in [1.54, 1.807) is 67.1 Å². The molecule has 2 aromatic heterocycles. The lowest BCUT2D eigenvalue weighted by Gasteiger charge is -2.21. The van der Waals surface area contributed by atoms with Crippen molar-refractivity contribution in [2.24, 2.45) is 0 Å². The van der Waals surface area contributed by atoms with Gasteiger partial charge in [0, 0.05) is 63.8 Å². The lowest BCUT2D eigenvalue weighted by atomic mass is 10.0. The molecule has 5 aromatic rings. The number of hydrogen-bond donors (Lipinski definition) is 1. The van der Waals surface area contributed by atoms with Crippen LogP contribution in [0, 0.1) is 5.82 Å². The lowest BCUT2D eigenvalue weighted by molar-refractivity contribution is -0.132. The van der Waals surface area contributed by atoms with Gasteiger partial charge in [0.25, 0.3) is 0 Å². The standard InChI is InChI=1S/C21H21BrN4O3.C13H9ClFNO/c1-13-4-3-7-26(13)20(28)12-25-11-18(14(2)27)17-8-16(5-6-19(17)25)29-21-23-9-15(22)10-24-21;14-11-6-2-1-4-9(11)10-5-3-7-12(13(10)15)16-8-17/h5-6,8-11,13H,3-4,7,12H2,1-2H3;1-8H,(H,16,17). The van der Waals surface area contributed by atoms with Crippen LogP contribution < -0.4 is 10.1 Å². The van der Waals surface area contributed by atoms with E-state index in [9.17, 15) is 18.8 Å². The summed E-state index contributed by atoms with van der Waals surface area (Å²) >= 11 is 9.29. The van der Waals surface area contributed by atoms with Crippen molar-refractivity contribution >= 4 is 62.2 Å². The van der Waals surface area contributed by atoms with E-state index in [2.05, 4.69) is 38.1 Å². The Balaban J connectivity index is 0.000000209. The van der Waals surface area contributed by atoms with Crippen molar-refractivity contribution in [1.29, 1.82) is 0 Å². The highest BCUT2D eigenvalue weighted by Crippen LogP contribution is 2.32. The molecule has 9 nitrogen and oxygen atoms in total. The minimum atomic E-state index is -0.493. The number of amides is 2. The van der Waals surface area contributed by atoms with Gasteiger partial charge in [-0.3, -0.25) is 14.4 Å². The van der Waals surface area contributed by atoms with Gasteiger partial charge in [0.2, 0.25) is 12.3 Å². The van der Waals surface area contributed by atoms with Crippen LogP contribution in [0.2, 0.25) is 5.02 Å². The maximum absolute atomic E-state index is 14.0. The van der Waals surface area contributed by atoms with Gasteiger partial charge in [-0.2, -0.15) is 0 Å². The SMILES string of the molecule is CC(=O)c1cn(CC(=O)N2CCCC2C)c2ccc(Oc3ncc(Br)cn3)cc12.O=CNc1cccc(-c2ccccc2Cl)c1F. The molecule has 2 amide bonds. The topological polar surface area (TPSA) is 106 Å². The second kappa shape index (κ2) is 14.7. The Bertz CT molecular complexity index is 1900. The molecule has 0 aliphatic carbocycles. The average molecular weight is 707 g/mol. The zero-order chi connectivity index (χ0) is 32.8. The zero-order valence-electron chi connectivity index (χ0n) is 25.0. The fraction of sp³-hybridized carbons (Fsp3) is 0.206. The Morgan fingerprint density at radius 1 is 1.11 bits per heavy atom. The fourth-order valence-corrected chi connectivity index (χ4v) is 5.79. The molecule has 1 aliphatic heterocycles. The lowest BCUT2D eigenvalue weighted by Crippen LogP contribution is -2.36. The molecule has 46 heavy (non-hydrogen) atoms. The predicted molar refractivity (Wildman–Crippen MR) is 179 cm³/mol. The average Bonchev–Trinajstić information content (AvgIpc) is 3.63. The van der Waals surface area contributed by atoms with Gasteiger partial charge in [-0.1, -0.05) is 41.9 Å². The van der Waals surface area contributed by atoms with Gasteiger partial charge in [-0.05, 0) is 73.0 Å². The third kappa shape index (κ3) is 7.43. The summed E-state index contributed by atoms with van der Waals surface area (Å²) in [5.41, 5.74) is 2.48. The number of benzene rings is 3. The van der Waals surface area contributed by atoms with Gasteiger partial charge in [-0.15, -0.1) is 0 Å². The minimum absolute atomic E-state index is 0.0622. The second-order valence-electron chi connectivity index (χ2n) is 10.7. The van der Waals surface area contributed by atoms with E-state index in [1.807, 2.05) is 15.5 Å². The summed E-state index contributed by atoms with van der Waals surface area (Å²) in [6, 6.07) is 17.7. The molecule has 0 saturated carbocycles. The smallest absolute Gasteiger partial charge is 0.321 e. The summed E-state index contributed by atoms with van der Waals surface area (Å²) < 4.78 is 22.4. The van der Waals surface area contributed by atoms with Gasteiger partial charge >= 0.3 is 6.01 Å². The van der Waals surface area contributed by atoms with Gasteiger partial charge in [0.05, 0.1) is 10.2 Å². The number of halogens is 3. The van der Waals surface area contributed by atoms with Crippen molar-refractivity contribution in [3.63, 3.8) is 0 Å². The molecule has 1 fully saturated rings. The highest BCUT2D eigenvalue weighted by atomic mass is 79.9. The number of nitrogens with one attached hydrogen (secondary N) is 1. The Morgan fingerprint density at radius 3 is 2.52 bits per heavy atom. The first-order chi connectivity index (χ1) is 22.2. The number of aromatic nitrogens is 3. The molecule has 12 heteroatoms.